The van der Waals surface area contributed by atoms with Crippen molar-refractivity contribution in [2.45, 2.75) is 51.4 Å². The van der Waals surface area contributed by atoms with E-state index in [0.717, 1.165) is 44.6 Å². The highest BCUT2D eigenvalue weighted by molar-refractivity contribution is 5.78. The van der Waals surface area contributed by atoms with Crippen LogP contribution in [0.3, 0.4) is 0 Å². The maximum absolute atomic E-state index is 10.1. The van der Waals surface area contributed by atoms with Crippen LogP contribution >= 0.6 is 0 Å². The maximum atomic E-state index is 10.1. The number of carboxylic acid groups (broad SMARTS) is 3. The molecule has 0 atom stereocenters. The zero-order valence-electron chi connectivity index (χ0n) is 11.0. The van der Waals surface area contributed by atoms with Gasteiger partial charge in [0.2, 0.25) is 0 Å². The second-order valence-electron chi connectivity index (χ2n) is 3.95. The summed E-state index contributed by atoms with van der Waals surface area (Å²) in [4.78, 5) is 29.5. The third-order valence-corrected chi connectivity index (χ3v) is 2.21. The van der Waals surface area contributed by atoms with Crippen molar-refractivity contribution < 1.29 is 29.7 Å². The molecular formula is C13H22O6. The Morgan fingerprint density at radius 3 is 1.21 bits per heavy atom. The van der Waals surface area contributed by atoms with Crippen LogP contribution in [0.25, 0.3) is 0 Å². The average molecular weight is 274 g/mol. The van der Waals surface area contributed by atoms with E-state index in [1.807, 2.05) is 0 Å². The van der Waals surface area contributed by atoms with Crippen molar-refractivity contribution in [1.82, 2.24) is 0 Å². The van der Waals surface area contributed by atoms with E-state index in [1.54, 1.807) is 0 Å². The summed E-state index contributed by atoms with van der Waals surface area (Å²) in [5.41, 5.74) is 0. The molecule has 0 aliphatic carbocycles. The van der Waals surface area contributed by atoms with E-state index in [1.165, 1.54) is 0 Å². The van der Waals surface area contributed by atoms with Crippen molar-refractivity contribution in [1.29, 1.82) is 0 Å². The molecular weight excluding hydrogens is 252 g/mol. The zero-order chi connectivity index (χ0) is 15.1. The van der Waals surface area contributed by atoms with Crippen molar-refractivity contribution >= 4 is 17.9 Å². The van der Waals surface area contributed by atoms with Gasteiger partial charge in [-0.05, 0) is 12.8 Å². The molecule has 0 spiro atoms. The van der Waals surface area contributed by atoms with Crippen LogP contribution in [0.4, 0.5) is 0 Å². The van der Waals surface area contributed by atoms with Gasteiger partial charge in [-0.25, -0.2) is 4.79 Å². The lowest BCUT2D eigenvalue weighted by Gasteiger charge is -1.98. The number of unbranched alkanes of at least 4 members (excludes halogenated alkanes) is 5. The Hall–Kier alpha value is -1.85. The molecule has 0 bridgehead atoms. The first-order valence-corrected chi connectivity index (χ1v) is 6.19. The molecule has 0 amide bonds. The van der Waals surface area contributed by atoms with Gasteiger partial charge in [-0.3, -0.25) is 9.59 Å². The average Bonchev–Trinajstić information content (AvgIpc) is 2.32. The molecule has 0 aliphatic rings. The highest BCUT2D eigenvalue weighted by atomic mass is 16.4. The van der Waals surface area contributed by atoms with Crippen LogP contribution in [-0.2, 0) is 14.4 Å². The van der Waals surface area contributed by atoms with Crippen molar-refractivity contribution in [3.63, 3.8) is 0 Å². The van der Waals surface area contributed by atoms with Crippen LogP contribution in [0.5, 0.6) is 0 Å². The standard InChI is InChI=1S/C10H18O4.C3H4O2/c11-9(12)7-5-3-1-2-4-6-8-10(13)14;1-2-3(4)5/h1-8H2,(H,11,12)(H,13,14);2H,1H2,(H,4,5). The Kier molecular flexibility index (Phi) is 14.6. The van der Waals surface area contributed by atoms with Crippen LogP contribution in [-0.4, -0.2) is 33.2 Å². The molecule has 0 unspecified atom stereocenters. The molecule has 19 heavy (non-hydrogen) atoms. The molecule has 3 N–H and O–H groups in total. The smallest absolute Gasteiger partial charge is 0.327 e. The third-order valence-electron chi connectivity index (χ3n) is 2.21. The van der Waals surface area contributed by atoms with Gasteiger partial charge in [-0.15, -0.1) is 0 Å². The minimum atomic E-state index is -0.981. The lowest BCUT2D eigenvalue weighted by atomic mass is 10.1. The Labute approximate surface area is 112 Å². The number of rotatable bonds is 10. The Morgan fingerprint density at radius 1 is 0.737 bits per heavy atom. The summed E-state index contributed by atoms with van der Waals surface area (Å²) in [5.74, 6) is -2.46. The van der Waals surface area contributed by atoms with Crippen LogP contribution in [0.2, 0.25) is 0 Å². The van der Waals surface area contributed by atoms with Crippen molar-refractivity contribution in [3.05, 3.63) is 12.7 Å². The predicted octanol–water partition coefficient (Wildman–Crippen LogP) is 2.53. The number of hydrogen-bond acceptors (Lipinski definition) is 3. The molecule has 0 heterocycles. The van der Waals surface area contributed by atoms with Crippen LogP contribution in [0.15, 0.2) is 12.7 Å². The topological polar surface area (TPSA) is 112 Å². The maximum Gasteiger partial charge on any atom is 0.327 e. The predicted molar refractivity (Wildman–Crippen MR) is 70.0 cm³/mol. The fourth-order valence-corrected chi connectivity index (χ4v) is 1.26. The van der Waals surface area contributed by atoms with E-state index >= 15 is 0 Å². The zero-order valence-corrected chi connectivity index (χ0v) is 11.0. The summed E-state index contributed by atoms with van der Waals surface area (Å²) in [7, 11) is 0. The molecule has 0 radical (unpaired) electrons. The van der Waals surface area contributed by atoms with Gasteiger partial charge in [0.25, 0.3) is 0 Å². The molecule has 6 nitrogen and oxygen atoms in total. The summed E-state index contributed by atoms with van der Waals surface area (Å²) in [5, 5.41) is 24.3. The van der Waals surface area contributed by atoms with Gasteiger partial charge in [0.1, 0.15) is 0 Å². The van der Waals surface area contributed by atoms with Crippen molar-refractivity contribution in [2.75, 3.05) is 0 Å². The lowest BCUT2D eigenvalue weighted by molar-refractivity contribution is -0.138. The molecule has 0 aromatic rings. The molecule has 0 saturated heterocycles. The quantitative estimate of drug-likeness (QED) is 0.417. The van der Waals surface area contributed by atoms with Gasteiger partial charge >= 0.3 is 17.9 Å². The summed E-state index contributed by atoms with van der Waals surface area (Å²) < 4.78 is 0. The SMILES string of the molecule is C=CC(=O)O.O=C(O)CCCCCCCCC(=O)O. The largest absolute Gasteiger partial charge is 0.481 e. The van der Waals surface area contributed by atoms with E-state index in [2.05, 4.69) is 6.58 Å². The summed E-state index contributed by atoms with van der Waals surface area (Å²) >= 11 is 0. The van der Waals surface area contributed by atoms with Crippen molar-refractivity contribution in [2.24, 2.45) is 0 Å². The molecule has 0 aromatic carbocycles. The first-order valence-electron chi connectivity index (χ1n) is 6.19. The number of carbonyl (C=O) groups is 3. The van der Waals surface area contributed by atoms with E-state index < -0.39 is 17.9 Å². The van der Waals surface area contributed by atoms with Gasteiger partial charge in [-0.1, -0.05) is 32.3 Å². The fraction of sp³-hybridized carbons (Fsp3) is 0.615. The van der Waals surface area contributed by atoms with Crippen LogP contribution in [0, 0.1) is 0 Å². The van der Waals surface area contributed by atoms with Gasteiger partial charge in [0.15, 0.2) is 0 Å². The number of carboxylic acids is 3. The second-order valence-corrected chi connectivity index (χ2v) is 3.95. The fourth-order valence-electron chi connectivity index (χ4n) is 1.26. The Morgan fingerprint density at radius 2 is 1.00 bits per heavy atom. The Balaban J connectivity index is 0. The first-order chi connectivity index (χ1) is 8.90. The molecule has 0 aliphatic heterocycles. The van der Waals surface area contributed by atoms with E-state index in [-0.39, 0.29) is 12.8 Å². The molecule has 0 saturated carbocycles. The van der Waals surface area contributed by atoms with Gasteiger partial charge in [-0.2, -0.15) is 0 Å². The van der Waals surface area contributed by atoms with Crippen molar-refractivity contribution in [3.8, 4) is 0 Å². The van der Waals surface area contributed by atoms with Crippen LogP contribution in [0.1, 0.15) is 51.4 Å². The Bertz CT molecular complexity index is 265. The number of hydrogen-bond donors (Lipinski definition) is 3. The minimum absolute atomic E-state index is 0.245. The second kappa shape index (κ2) is 14.2. The summed E-state index contributed by atoms with van der Waals surface area (Å²) in [6.07, 6.45) is 6.66. The summed E-state index contributed by atoms with van der Waals surface area (Å²) in [6, 6.07) is 0. The highest BCUT2D eigenvalue weighted by Crippen LogP contribution is 2.08. The highest BCUT2D eigenvalue weighted by Gasteiger charge is 1.98. The molecule has 0 aromatic heterocycles. The minimum Gasteiger partial charge on any atom is -0.481 e. The van der Waals surface area contributed by atoms with Crippen LogP contribution < -0.4 is 0 Å². The molecule has 0 fully saturated rings. The lowest BCUT2D eigenvalue weighted by Crippen LogP contribution is -1.94. The normalized spacial score (nSPS) is 9.05. The monoisotopic (exact) mass is 274 g/mol. The van der Waals surface area contributed by atoms with Gasteiger partial charge in [0, 0.05) is 18.9 Å². The molecule has 110 valence electrons. The molecule has 6 heteroatoms. The molecule has 0 rings (SSSR count). The summed E-state index contributed by atoms with van der Waals surface area (Å²) in [6.45, 7) is 2.96. The van der Waals surface area contributed by atoms with Gasteiger partial charge in [0.05, 0.1) is 0 Å². The number of aliphatic carboxylic acids is 3. The van der Waals surface area contributed by atoms with Gasteiger partial charge < -0.3 is 15.3 Å². The van der Waals surface area contributed by atoms with E-state index in [4.69, 9.17) is 15.3 Å². The first kappa shape index (κ1) is 19.5. The van der Waals surface area contributed by atoms with E-state index in [0.29, 0.717) is 0 Å². The third kappa shape index (κ3) is 26.0. The van der Waals surface area contributed by atoms with E-state index in [9.17, 15) is 14.4 Å².